The minimum absolute atomic E-state index is 0.0128. The van der Waals surface area contributed by atoms with Gasteiger partial charge in [-0.25, -0.2) is 9.97 Å². The van der Waals surface area contributed by atoms with E-state index in [1.165, 1.54) is 0 Å². The predicted molar refractivity (Wildman–Crippen MR) is 105 cm³/mol. The van der Waals surface area contributed by atoms with Crippen LogP contribution in [0.4, 0.5) is 5.82 Å². The fraction of sp³-hybridized carbons (Fsp3) is 0.286. The van der Waals surface area contributed by atoms with E-state index in [-0.39, 0.29) is 11.8 Å². The van der Waals surface area contributed by atoms with Crippen molar-refractivity contribution in [3.8, 4) is 5.69 Å². The second-order valence-electron chi connectivity index (χ2n) is 6.79. The van der Waals surface area contributed by atoms with Crippen LogP contribution in [-0.2, 0) is 11.3 Å². The number of hydrogen-bond donors (Lipinski definition) is 1. The van der Waals surface area contributed by atoms with Gasteiger partial charge in [-0.1, -0.05) is 24.3 Å². The Labute approximate surface area is 158 Å². The lowest BCUT2D eigenvalue weighted by Crippen LogP contribution is -2.43. The van der Waals surface area contributed by atoms with Gasteiger partial charge in [0.25, 0.3) is 0 Å². The number of piperidine rings is 1. The lowest BCUT2D eigenvalue weighted by atomic mass is 9.97. The largest absolute Gasteiger partial charge is 0.356 e. The minimum atomic E-state index is -0.0128. The highest BCUT2D eigenvalue weighted by Crippen LogP contribution is 2.22. The van der Waals surface area contributed by atoms with E-state index >= 15 is 0 Å². The maximum atomic E-state index is 12.8. The van der Waals surface area contributed by atoms with Crippen molar-refractivity contribution in [1.82, 2.24) is 19.9 Å². The van der Waals surface area contributed by atoms with Crippen molar-refractivity contribution in [2.24, 2.45) is 5.92 Å². The first-order valence-corrected chi connectivity index (χ1v) is 9.31. The molecule has 1 N–H and O–H groups in total. The van der Waals surface area contributed by atoms with Crippen LogP contribution in [-0.4, -0.2) is 33.5 Å². The van der Waals surface area contributed by atoms with E-state index < -0.39 is 0 Å². The first kappa shape index (κ1) is 17.3. The van der Waals surface area contributed by atoms with Crippen molar-refractivity contribution in [2.75, 3.05) is 18.0 Å². The van der Waals surface area contributed by atoms with Crippen molar-refractivity contribution in [3.63, 3.8) is 0 Å². The second kappa shape index (κ2) is 8.03. The molecule has 3 aromatic rings. The third-order valence-corrected chi connectivity index (χ3v) is 4.99. The standard InChI is InChI=1S/C21H23N5O/c27-21(18-7-5-12-25(15-18)20-9-3-4-10-23-20)24-14-17-6-1-2-8-19(17)26-13-11-22-16-26/h1-4,6,8-11,13,16,18H,5,7,12,14-15H2,(H,24,27). The Bertz CT molecular complexity index is 879. The predicted octanol–water partition coefficient (Wildman–Crippen LogP) is 2.80. The molecule has 1 aromatic carbocycles. The van der Waals surface area contributed by atoms with Gasteiger partial charge in [-0.15, -0.1) is 0 Å². The van der Waals surface area contributed by atoms with E-state index in [1.807, 2.05) is 53.2 Å². The van der Waals surface area contributed by atoms with Gasteiger partial charge in [0.2, 0.25) is 5.91 Å². The summed E-state index contributed by atoms with van der Waals surface area (Å²) in [6.45, 7) is 2.17. The highest BCUT2D eigenvalue weighted by molar-refractivity contribution is 5.79. The third kappa shape index (κ3) is 4.00. The molecule has 3 heterocycles. The van der Waals surface area contributed by atoms with Crippen molar-refractivity contribution < 1.29 is 4.79 Å². The number of imidazole rings is 1. The van der Waals surface area contributed by atoms with Gasteiger partial charge in [0.1, 0.15) is 5.82 Å². The molecule has 0 radical (unpaired) electrons. The highest BCUT2D eigenvalue weighted by Gasteiger charge is 2.26. The first-order chi connectivity index (χ1) is 13.3. The van der Waals surface area contributed by atoms with Gasteiger partial charge in [0, 0.05) is 38.2 Å². The average molecular weight is 361 g/mol. The van der Waals surface area contributed by atoms with Crippen LogP contribution >= 0.6 is 0 Å². The molecule has 1 saturated heterocycles. The van der Waals surface area contributed by atoms with Crippen LogP contribution in [0.5, 0.6) is 0 Å². The van der Waals surface area contributed by atoms with Crippen LogP contribution in [0, 0.1) is 5.92 Å². The Morgan fingerprint density at radius 1 is 1.15 bits per heavy atom. The summed E-state index contributed by atoms with van der Waals surface area (Å²) in [5, 5.41) is 3.12. The Morgan fingerprint density at radius 2 is 2.04 bits per heavy atom. The molecule has 1 aliphatic heterocycles. The number of pyridine rings is 1. The van der Waals surface area contributed by atoms with Crippen LogP contribution in [0.1, 0.15) is 18.4 Å². The number of anilines is 1. The molecular formula is C21H23N5O. The van der Waals surface area contributed by atoms with E-state index in [0.29, 0.717) is 13.1 Å². The molecule has 27 heavy (non-hydrogen) atoms. The fourth-order valence-corrected chi connectivity index (χ4v) is 3.58. The summed E-state index contributed by atoms with van der Waals surface area (Å²) in [5.41, 5.74) is 2.11. The lowest BCUT2D eigenvalue weighted by molar-refractivity contribution is -0.125. The van der Waals surface area contributed by atoms with Gasteiger partial charge >= 0.3 is 0 Å². The van der Waals surface area contributed by atoms with Crippen LogP contribution in [0.15, 0.2) is 67.4 Å². The lowest BCUT2D eigenvalue weighted by Gasteiger charge is -2.32. The summed E-state index contributed by atoms with van der Waals surface area (Å²) in [6, 6.07) is 14.0. The number of hydrogen-bond acceptors (Lipinski definition) is 4. The molecule has 1 aliphatic rings. The molecule has 138 valence electrons. The van der Waals surface area contributed by atoms with Crippen molar-refractivity contribution >= 4 is 11.7 Å². The SMILES string of the molecule is O=C(NCc1ccccc1-n1ccnc1)C1CCCN(c2ccccn2)C1. The van der Waals surface area contributed by atoms with Gasteiger partial charge in [-0.05, 0) is 36.6 Å². The maximum Gasteiger partial charge on any atom is 0.225 e. The van der Waals surface area contributed by atoms with Gasteiger partial charge in [-0.3, -0.25) is 4.79 Å². The summed E-state index contributed by atoms with van der Waals surface area (Å²) in [6.07, 6.45) is 9.15. The van der Waals surface area contributed by atoms with Crippen molar-refractivity contribution in [1.29, 1.82) is 0 Å². The number of aromatic nitrogens is 3. The fourth-order valence-electron chi connectivity index (χ4n) is 3.58. The Kier molecular flexibility index (Phi) is 5.14. The third-order valence-electron chi connectivity index (χ3n) is 4.99. The number of nitrogens with zero attached hydrogens (tertiary/aromatic N) is 4. The molecule has 1 amide bonds. The number of rotatable bonds is 5. The molecule has 1 fully saturated rings. The topological polar surface area (TPSA) is 63.1 Å². The Balaban J connectivity index is 1.40. The molecule has 4 rings (SSSR count). The van der Waals surface area contributed by atoms with Crippen LogP contribution in [0.2, 0.25) is 0 Å². The molecule has 6 nitrogen and oxygen atoms in total. The number of carbonyl (C=O) groups excluding carboxylic acids is 1. The molecule has 0 bridgehead atoms. The summed E-state index contributed by atoms with van der Waals surface area (Å²) in [4.78, 5) is 23.5. The van der Waals surface area contributed by atoms with Crippen LogP contribution < -0.4 is 10.2 Å². The molecule has 2 aromatic heterocycles. The van der Waals surface area contributed by atoms with E-state index in [1.54, 1.807) is 18.7 Å². The summed E-state index contributed by atoms with van der Waals surface area (Å²) < 4.78 is 1.96. The van der Waals surface area contributed by atoms with E-state index in [0.717, 1.165) is 36.5 Å². The molecule has 0 aliphatic carbocycles. The zero-order valence-corrected chi connectivity index (χ0v) is 15.2. The number of amides is 1. The van der Waals surface area contributed by atoms with Crippen LogP contribution in [0.3, 0.4) is 0 Å². The monoisotopic (exact) mass is 361 g/mol. The van der Waals surface area contributed by atoms with E-state index in [9.17, 15) is 4.79 Å². The summed E-state index contributed by atoms with van der Waals surface area (Å²) in [5.74, 6) is 1.04. The average Bonchev–Trinajstić information content (AvgIpc) is 3.28. The molecule has 1 unspecified atom stereocenters. The van der Waals surface area contributed by atoms with Crippen molar-refractivity contribution in [2.45, 2.75) is 19.4 Å². The summed E-state index contributed by atoms with van der Waals surface area (Å²) >= 11 is 0. The molecule has 6 heteroatoms. The Morgan fingerprint density at radius 3 is 2.85 bits per heavy atom. The zero-order chi connectivity index (χ0) is 18.5. The maximum absolute atomic E-state index is 12.8. The molecule has 0 spiro atoms. The number of nitrogens with one attached hydrogen (secondary N) is 1. The second-order valence-corrected chi connectivity index (χ2v) is 6.79. The quantitative estimate of drug-likeness (QED) is 0.759. The summed E-state index contributed by atoms with van der Waals surface area (Å²) in [7, 11) is 0. The Hall–Kier alpha value is -3.15. The van der Waals surface area contributed by atoms with Crippen molar-refractivity contribution in [3.05, 3.63) is 72.9 Å². The van der Waals surface area contributed by atoms with Crippen LogP contribution in [0.25, 0.3) is 5.69 Å². The van der Waals surface area contributed by atoms with Gasteiger partial charge in [0.15, 0.2) is 0 Å². The van der Waals surface area contributed by atoms with Gasteiger partial charge in [-0.2, -0.15) is 0 Å². The normalized spacial score (nSPS) is 16.9. The smallest absolute Gasteiger partial charge is 0.225 e. The minimum Gasteiger partial charge on any atom is -0.356 e. The van der Waals surface area contributed by atoms with Gasteiger partial charge in [0.05, 0.1) is 17.9 Å². The number of para-hydroxylation sites is 1. The molecule has 1 atom stereocenters. The van der Waals surface area contributed by atoms with E-state index in [2.05, 4.69) is 20.2 Å². The number of benzene rings is 1. The highest BCUT2D eigenvalue weighted by atomic mass is 16.1. The molecular weight excluding hydrogens is 338 g/mol. The molecule has 0 saturated carbocycles. The van der Waals surface area contributed by atoms with Gasteiger partial charge < -0.3 is 14.8 Å². The number of carbonyl (C=O) groups is 1. The van der Waals surface area contributed by atoms with E-state index in [4.69, 9.17) is 0 Å². The zero-order valence-electron chi connectivity index (χ0n) is 15.2. The first-order valence-electron chi connectivity index (χ1n) is 9.31.